The van der Waals surface area contributed by atoms with Gasteiger partial charge in [0.1, 0.15) is 0 Å². The molecule has 0 atom stereocenters. The lowest BCUT2D eigenvalue weighted by Crippen LogP contribution is -2.03. The molecule has 0 radical (unpaired) electrons. The van der Waals surface area contributed by atoms with Crippen molar-refractivity contribution in [3.63, 3.8) is 0 Å². The molecule has 0 saturated carbocycles. The Labute approximate surface area is 120 Å². The van der Waals surface area contributed by atoms with E-state index >= 15 is 0 Å². The zero-order valence-electron chi connectivity index (χ0n) is 11.7. The maximum Gasteiger partial charge on any atom is 0.0434 e. The molecule has 0 fully saturated rings. The molecule has 20 heavy (non-hydrogen) atoms. The minimum atomic E-state index is 0.263. The van der Waals surface area contributed by atoms with E-state index in [9.17, 15) is 0 Å². The summed E-state index contributed by atoms with van der Waals surface area (Å²) in [6, 6.07) is 17.2. The Morgan fingerprint density at radius 3 is 2.55 bits per heavy atom. The maximum atomic E-state index is 9.05. The Balaban J connectivity index is 1.98. The van der Waals surface area contributed by atoms with Crippen LogP contribution in [0.5, 0.6) is 0 Å². The summed E-state index contributed by atoms with van der Waals surface area (Å²) < 4.78 is 0. The van der Waals surface area contributed by atoms with Gasteiger partial charge in [0.25, 0.3) is 0 Å². The molecule has 1 nitrogen and oxygen atoms in total. The first-order valence-electron chi connectivity index (χ1n) is 7.36. The Morgan fingerprint density at radius 1 is 0.900 bits per heavy atom. The second kappa shape index (κ2) is 6.06. The molecule has 1 aliphatic carbocycles. The van der Waals surface area contributed by atoms with Crippen LogP contribution in [0.2, 0.25) is 0 Å². The minimum Gasteiger partial charge on any atom is -0.396 e. The monoisotopic (exact) mass is 264 g/mol. The number of rotatable bonds is 4. The Kier molecular flexibility index (Phi) is 3.98. The topological polar surface area (TPSA) is 20.2 Å². The third-order valence-electron chi connectivity index (χ3n) is 4.02. The molecule has 0 aliphatic heterocycles. The average Bonchev–Trinajstić information content (AvgIpc) is 2.53. The standard InChI is InChI=1S/C19H20O/c20-13-5-10-16-8-4-9-17-11-12-18(14-19(16)17)15-6-2-1-3-7-15/h1-4,6-9,14,20H,5,10-13H2. The molecule has 2 aromatic rings. The van der Waals surface area contributed by atoms with Gasteiger partial charge in [0, 0.05) is 6.61 Å². The lowest BCUT2D eigenvalue weighted by atomic mass is 9.85. The van der Waals surface area contributed by atoms with E-state index in [1.54, 1.807) is 0 Å². The number of hydrogen-bond acceptors (Lipinski definition) is 1. The third kappa shape index (κ3) is 2.68. The predicted molar refractivity (Wildman–Crippen MR) is 84.5 cm³/mol. The summed E-state index contributed by atoms with van der Waals surface area (Å²) in [6.45, 7) is 0.263. The number of hydrogen-bond donors (Lipinski definition) is 1. The Bertz CT molecular complexity index is 611. The van der Waals surface area contributed by atoms with E-state index in [2.05, 4.69) is 54.6 Å². The van der Waals surface area contributed by atoms with Crippen LogP contribution >= 0.6 is 0 Å². The normalized spacial score (nSPS) is 13.8. The third-order valence-corrected chi connectivity index (χ3v) is 4.02. The number of aliphatic hydroxyl groups is 1. The van der Waals surface area contributed by atoms with Crippen LogP contribution in [0.3, 0.4) is 0 Å². The fourth-order valence-electron chi connectivity index (χ4n) is 2.95. The highest BCUT2D eigenvalue weighted by Gasteiger charge is 2.14. The highest BCUT2D eigenvalue weighted by Crippen LogP contribution is 2.32. The van der Waals surface area contributed by atoms with Gasteiger partial charge in [-0.15, -0.1) is 0 Å². The summed E-state index contributed by atoms with van der Waals surface area (Å²) in [5, 5.41) is 9.05. The highest BCUT2D eigenvalue weighted by atomic mass is 16.2. The van der Waals surface area contributed by atoms with Gasteiger partial charge in [0.15, 0.2) is 0 Å². The molecule has 1 heteroatoms. The van der Waals surface area contributed by atoms with Crippen LogP contribution in [-0.4, -0.2) is 11.7 Å². The first-order chi connectivity index (χ1) is 9.88. The number of benzene rings is 2. The van der Waals surface area contributed by atoms with Crippen molar-refractivity contribution in [1.29, 1.82) is 0 Å². The van der Waals surface area contributed by atoms with E-state index in [1.807, 2.05) is 0 Å². The summed E-state index contributed by atoms with van der Waals surface area (Å²) in [6.07, 6.45) is 6.37. The van der Waals surface area contributed by atoms with Crippen LogP contribution in [0.25, 0.3) is 11.6 Å². The van der Waals surface area contributed by atoms with Gasteiger partial charge in [-0.3, -0.25) is 0 Å². The van der Waals surface area contributed by atoms with Crippen molar-refractivity contribution < 1.29 is 5.11 Å². The smallest absolute Gasteiger partial charge is 0.0434 e. The number of aryl methyl sites for hydroxylation is 2. The average molecular weight is 264 g/mol. The lowest BCUT2D eigenvalue weighted by molar-refractivity contribution is 0.288. The maximum absolute atomic E-state index is 9.05. The van der Waals surface area contributed by atoms with E-state index in [0.29, 0.717) is 0 Å². The van der Waals surface area contributed by atoms with E-state index in [1.165, 1.54) is 27.8 Å². The zero-order valence-corrected chi connectivity index (χ0v) is 11.7. The summed E-state index contributed by atoms with van der Waals surface area (Å²) in [4.78, 5) is 0. The summed E-state index contributed by atoms with van der Waals surface area (Å²) in [7, 11) is 0. The van der Waals surface area contributed by atoms with Gasteiger partial charge in [-0.1, -0.05) is 54.6 Å². The largest absolute Gasteiger partial charge is 0.396 e. The van der Waals surface area contributed by atoms with Crippen molar-refractivity contribution in [3.05, 3.63) is 70.8 Å². The molecule has 102 valence electrons. The molecule has 0 spiro atoms. The van der Waals surface area contributed by atoms with Crippen molar-refractivity contribution in [3.8, 4) is 0 Å². The van der Waals surface area contributed by atoms with Crippen molar-refractivity contribution in [1.82, 2.24) is 0 Å². The first kappa shape index (κ1) is 13.1. The van der Waals surface area contributed by atoms with Crippen LogP contribution in [0.4, 0.5) is 0 Å². The lowest BCUT2D eigenvalue weighted by Gasteiger charge is -2.19. The van der Waals surface area contributed by atoms with Crippen LogP contribution in [0, 0.1) is 0 Å². The molecule has 1 aliphatic rings. The van der Waals surface area contributed by atoms with Gasteiger partial charge in [0.2, 0.25) is 0 Å². The molecular formula is C19H20O. The van der Waals surface area contributed by atoms with Gasteiger partial charge in [0.05, 0.1) is 0 Å². The zero-order chi connectivity index (χ0) is 13.8. The molecule has 0 aromatic heterocycles. The van der Waals surface area contributed by atoms with E-state index in [4.69, 9.17) is 5.11 Å². The Morgan fingerprint density at radius 2 is 1.75 bits per heavy atom. The molecular weight excluding hydrogens is 244 g/mol. The summed E-state index contributed by atoms with van der Waals surface area (Å²) in [5.41, 5.74) is 6.94. The fourth-order valence-corrected chi connectivity index (χ4v) is 2.95. The minimum absolute atomic E-state index is 0.263. The second-order valence-corrected chi connectivity index (χ2v) is 5.35. The molecule has 0 unspecified atom stereocenters. The summed E-state index contributed by atoms with van der Waals surface area (Å²) >= 11 is 0. The van der Waals surface area contributed by atoms with Crippen LogP contribution in [0.1, 0.15) is 35.1 Å². The van der Waals surface area contributed by atoms with Crippen LogP contribution in [-0.2, 0) is 12.8 Å². The predicted octanol–water partition coefficient (Wildman–Crippen LogP) is 4.10. The van der Waals surface area contributed by atoms with Crippen molar-refractivity contribution >= 4 is 11.6 Å². The second-order valence-electron chi connectivity index (χ2n) is 5.35. The fraction of sp³-hybridized carbons (Fsp3) is 0.263. The SMILES string of the molecule is OCCCc1cccc2c1C=C(c1ccccc1)CC2. The van der Waals surface area contributed by atoms with Crippen molar-refractivity contribution in [2.75, 3.05) is 6.61 Å². The molecule has 0 amide bonds. The highest BCUT2D eigenvalue weighted by molar-refractivity contribution is 5.85. The number of aliphatic hydroxyl groups excluding tert-OH is 1. The van der Waals surface area contributed by atoms with Gasteiger partial charge in [-0.05, 0) is 53.5 Å². The van der Waals surface area contributed by atoms with Gasteiger partial charge in [-0.2, -0.15) is 0 Å². The van der Waals surface area contributed by atoms with Gasteiger partial charge < -0.3 is 5.11 Å². The molecule has 3 rings (SSSR count). The van der Waals surface area contributed by atoms with E-state index in [0.717, 1.165) is 25.7 Å². The van der Waals surface area contributed by atoms with Crippen LogP contribution < -0.4 is 0 Å². The summed E-state index contributed by atoms with van der Waals surface area (Å²) in [5.74, 6) is 0. The molecule has 2 aromatic carbocycles. The molecule has 1 N–H and O–H groups in total. The number of fused-ring (bicyclic) bond motifs is 1. The van der Waals surface area contributed by atoms with Gasteiger partial charge in [-0.25, -0.2) is 0 Å². The Hall–Kier alpha value is -1.86. The quantitative estimate of drug-likeness (QED) is 0.881. The first-order valence-corrected chi connectivity index (χ1v) is 7.36. The number of allylic oxidation sites excluding steroid dienone is 1. The van der Waals surface area contributed by atoms with Crippen LogP contribution in [0.15, 0.2) is 48.5 Å². The van der Waals surface area contributed by atoms with Crippen molar-refractivity contribution in [2.24, 2.45) is 0 Å². The molecule has 0 heterocycles. The molecule has 0 bridgehead atoms. The van der Waals surface area contributed by atoms with Gasteiger partial charge >= 0.3 is 0 Å². The van der Waals surface area contributed by atoms with E-state index < -0.39 is 0 Å². The van der Waals surface area contributed by atoms with E-state index in [-0.39, 0.29) is 6.61 Å². The molecule has 0 saturated heterocycles. The van der Waals surface area contributed by atoms with Crippen molar-refractivity contribution in [2.45, 2.75) is 25.7 Å².